The van der Waals surface area contributed by atoms with E-state index in [1.807, 2.05) is 18.2 Å². The van der Waals surface area contributed by atoms with Crippen molar-refractivity contribution in [3.05, 3.63) is 23.8 Å². The highest BCUT2D eigenvalue weighted by Gasteiger charge is 2.11. The number of nitrogens with two attached hydrogens (primary N) is 1. The molecule has 2 rings (SSSR count). The molecule has 1 aromatic rings. The molecular formula is C16H24N2O3. The lowest BCUT2D eigenvalue weighted by Crippen LogP contribution is -2.25. The highest BCUT2D eigenvalue weighted by molar-refractivity contribution is 5.75. The zero-order valence-corrected chi connectivity index (χ0v) is 12.4. The van der Waals surface area contributed by atoms with Crippen LogP contribution >= 0.6 is 0 Å². The average molecular weight is 292 g/mol. The molecule has 0 saturated heterocycles. The van der Waals surface area contributed by atoms with E-state index in [0.717, 1.165) is 42.7 Å². The Hall–Kier alpha value is -1.75. The summed E-state index contributed by atoms with van der Waals surface area (Å²) in [4.78, 5) is 11.6. The Balaban J connectivity index is 1.67. The third-order valence-electron chi connectivity index (χ3n) is 3.45. The largest absolute Gasteiger partial charge is 0.486 e. The SMILES string of the molecule is NCCCCCC(=O)NCCc1ccc2c(c1)OCCO2. The Morgan fingerprint density at radius 3 is 2.76 bits per heavy atom. The number of carbonyl (C=O) groups is 1. The van der Waals surface area contributed by atoms with Gasteiger partial charge in [-0.25, -0.2) is 0 Å². The number of unbranched alkanes of at least 4 members (excludes halogenated alkanes) is 2. The quantitative estimate of drug-likeness (QED) is 0.714. The van der Waals surface area contributed by atoms with Gasteiger partial charge in [0.25, 0.3) is 0 Å². The van der Waals surface area contributed by atoms with Crippen LogP contribution in [-0.2, 0) is 11.2 Å². The van der Waals surface area contributed by atoms with E-state index >= 15 is 0 Å². The van der Waals surface area contributed by atoms with Gasteiger partial charge in [0, 0.05) is 13.0 Å². The van der Waals surface area contributed by atoms with E-state index in [0.29, 0.717) is 32.7 Å². The van der Waals surface area contributed by atoms with Crippen LogP contribution in [0.3, 0.4) is 0 Å². The number of benzene rings is 1. The topological polar surface area (TPSA) is 73.6 Å². The van der Waals surface area contributed by atoms with Crippen LogP contribution in [0.15, 0.2) is 18.2 Å². The molecule has 1 aromatic carbocycles. The minimum Gasteiger partial charge on any atom is -0.486 e. The predicted octanol–water partition coefficient (Wildman–Crippen LogP) is 1.64. The molecule has 0 saturated carbocycles. The molecule has 116 valence electrons. The second-order valence-electron chi connectivity index (χ2n) is 5.18. The van der Waals surface area contributed by atoms with Crippen LogP contribution in [0, 0.1) is 0 Å². The van der Waals surface area contributed by atoms with Gasteiger partial charge in [0.15, 0.2) is 11.5 Å². The van der Waals surface area contributed by atoms with Crippen molar-refractivity contribution in [2.24, 2.45) is 5.73 Å². The van der Waals surface area contributed by atoms with E-state index in [1.165, 1.54) is 0 Å². The van der Waals surface area contributed by atoms with Gasteiger partial charge in [-0.1, -0.05) is 12.5 Å². The number of amides is 1. The molecule has 1 aliphatic rings. The van der Waals surface area contributed by atoms with Gasteiger partial charge in [0.05, 0.1) is 0 Å². The van der Waals surface area contributed by atoms with Crippen molar-refractivity contribution in [2.45, 2.75) is 32.1 Å². The normalized spacial score (nSPS) is 13.0. The number of hydrogen-bond acceptors (Lipinski definition) is 4. The summed E-state index contributed by atoms with van der Waals surface area (Å²) in [6.07, 6.45) is 4.30. The summed E-state index contributed by atoms with van der Waals surface area (Å²) in [5, 5.41) is 2.95. The van der Waals surface area contributed by atoms with Gasteiger partial charge < -0.3 is 20.5 Å². The van der Waals surface area contributed by atoms with E-state index < -0.39 is 0 Å². The van der Waals surface area contributed by atoms with E-state index in [2.05, 4.69) is 5.32 Å². The Bertz CT molecular complexity index is 463. The van der Waals surface area contributed by atoms with Crippen molar-refractivity contribution in [3.63, 3.8) is 0 Å². The fourth-order valence-electron chi connectivity index (χ4n) is 2.28. The molecule has 0 unspecified atom stereocenters. The number of nitrogens with one attached hydrogen (secondary N) is 1. The molecule has 0 spiro atoms. The van der Waals surface area contributed by atoms with Crippen molar-refractivity contribution < 1.29 is 14.3 Å². The Morgan fingerprint density at radius 2 is 1.95 bits per heavy atom. The molecule has 3 N–H and O–H groups in total. The van der Waals surface area contributed by atoms with Crippen molar-refractivity contribution >= 4 is 5.91 Å². The molecule has 0 aromatic heterocycles. The van der Waals surface area contributed by atoms with Gasteiger partial charge >= 0.3 is 0 Å². The highest BCUT2D eigenvalue weighted by Crippen LogP contribution is 2.30. The summed E-state index contributed by atoms with van der Waals surface area (Å²) in [7, 11) is 0. The summed E-state index contributed by atoms with van der Waals surface area (Å²) >= 11 is 0. The molecular weight excluding hydrogens is 268 g/mol. The van der Waals surface area contributed by atoms with Crippen LogP contribution in [-0.4, -0.2) is 32.2 Å². The average Bonchev–Trinajstić information content (AvgIpc) is 2.51. The summed E-state index contributed by atoms with van der Waals surface area (Å²) in [6, 6.07) is 5.93. The highest BCUT2D eigenvalue weighted by atomic mass is 16.6. The minimum atomic E-state index is 0.115. The first kappa shape index (κ1) is 15.6. The predicted molar refractivity (Wildman–Crippen MR) is 81.7 cm³/mol. The summed E-state index contributed by atoms with van der Waals surface area (Å²) < 4.78 is 11.0. The molecule has 1 aliphatic heterocycles. The molecule has 1 heterocycles. The second kappa shape index (κ2) is 8.52. The lowest BCUT2D eigenvalue weighted by Gasteiger charge is -2.18. The van der Waals surface area contributed by atoms with E-state index in [4.69, 9.17) is 15.2 Å². The van der Waals surface area contributed by atoms with Crippen LogP contribution < -0.4 is 20.5 Å². The number of fused-ring (bicyclic) bond motifs is 1. The van der Waals surface area contributed by atoms with Gasteiger partial charge in [-0.05, 0) is 43.5 Å². The third kappa shape index (κ3) is 5.27. The minimum absolute atomic E-state index is 0.115. The van der Waals surface area contributed by atoms with Crippen molar-refractivity contribution in [1.82, 2.24) is 5.32 Å². The Morgan fingerprint density at radius 1 is 1.14 bits per heavy atom. The van der Waals surface area contributed by atoms with Gasteiger partial charge in [-0.3, -0.25) is 4.79 Å². The van der Waals surface area contributed by atoms with Crippen LogP contribution in [0.2, 0.25) is 0 Å². The molecule has 0 radical (unpaired) electrons. The van der Waals surface area contributed by atoms with Gasteiger partial charge in [0.1, 0.15) is 13.2 Å². The maximum Gasteiger partial charge on any atom is 0.220 e. The van der Waals surface area contributed by atoms with Crippen molar-refractivity contribution in [3.8, 4) is 11.5 Å². The summed E-state index contributed by atoms with van der Waals surface area (Å²) in [5.41, 5.74) is 6.56. The van der Waals surface area contributed by atoms with E-state index in [1.54, 1.807) is 0 Å². The molecule has 0 bridgehead atoms. The first-order chi connectivity index (χ1) is 10.3. The third-order valence-corrected chi connectivity index (χ3v) is 3.45. The fraction of sp³-hybridized carbons (Fsp3) is 0.562. The first-order valence-corrected chi connectivity index (χ1v) is 7.65. The second-order valence-corrected chi connectivity index (χ2v) is 5.18. The molecule has 21 heavy (non-hydrogen) atoms. The van der Waals surface area contributed by atoms with E-state index in [9.17, 15) is 4.79 Å². The number of rotatable bonds is 8. The van der Waals surface area contributed by atoms with Gasteiger partial charge in [0.2, 0.25) is 5.91 Å². The maximum absolute atomic E-state index is 11.6. The van der Waals surface area contributed by atoms with Crippen molar-refractivity contribution in [2.75, 3.05) is 26.3 Å². The maximum atomic E-state index is 11.6. The molecule has 0 aliphatic carbocycles. The molecule has 0 fully saturated rings. The van der Waals surface area contributed by atoms with Crippen LogP contribution in [0.4, 0.5) is 0 Å². The molecule has 5 nitrogen and oxygen atoms in total. The van der Waals surface area contributed by atoms with Crippen LogP contribution in [0.5, 0.6) is 11.5 Å². The fourth-order valence-corrected chi connectivity index (χ4v) is 2.28. The van der Waals surface area contributed by atoms with Gasteiger partial charge in [-0.15, -0.1) is 0 Å². The van der Waals surface area contributed by atoms with Crippen LogP contribution in [0.1, 0.15) is 31.2 Å². The molecule has 1 amide bonds. The smallest absolute Gasteiger partial charge is 0.220 e. The zero-order chi connectivity index (χ0) is 14.9. The lowest BCUT2D eigenvalue weighted by atomic mass is 10.1. The summed E-state index contributed by atoms with van der Waals surface area (Å²) in [5.74, 6) is 1.71. The van der Waals surface area contributed by atoms with E-state index in [-0.39, 0.29) is 5.91 Å². The zero-order valence-electron chi connectivity index (χ0n) is 12.4. The molecule has 0 atom stereocenters. The Kier molecular flexibility index (Phi) is 6.34. The monoisotopic (exact) mass is 292 g/mol. The standard InChI is InChI=1S/C16H24N2O3/c17-8-3-1-2-4-16(19)18-9-7-13-5-6-14-15(12-13)21-11-10-20-14/h5-6,12H,1-4,7-11,17H2,(H,18,19). The lowest BCUT2D eigenvalue weighted by molar-refractivity contribution is -0.121. The van der Waals surface area contributed by atoms with Crippen LogP contribution in [0.25, 0.3) is 0 Å². The summed E-state index contributed by atoms with van der Waals surface area (Å²) in [6.45, 7) is 2.55. The van der Waals surface area contributed by atoms with Crippen molar-refractivity contribution in [1.29, 1.82) is 0 Å². The molecule has 5 heteroatoms. The number of carbonyl (C=O) groups excluding carboxylic acids is 1. The Labute approximate surface area is 125 Å². The number of hydrogen-bond donors (Lipinski definition) is 2. The number of ether oxygens (including phenoxy) is 2. The van der Waals surface area contributed by atoms with Gasteiger partial charge in [-0.2, -0.15) is 0 Å². The first-order valence-electron chi connectivity index (χ1n) is 7.65.